The first-order valence-corrected chi connectivity index (χ1v) is 9.30. The molecule has 0 spiro atoms. The Morgan fingerprint density at radius 1 is 1.12 bits per heavy atom. The first-order chi connectivity index (χ1) is 15.4. The van der Waals surface area contributed by atoms with Crippen molar-refractivity contribution in [3.8, 4) is 17.2 Å². The van der Waals surface area contributed by atoms with E-state index in [4.69, 9.17) is 4.74 Å². The summed E-state index contributed by atoms with van der Waals surface area (Å²) in [6.07, 6.45) is 0. The molecule has 0 aliphatic rings. The smallest absolute Gasteiger partial charge is 0.270 e. The summed E-state index contributed by atoms with van der Waals surface area (Å²) in [5, 5.41) is 24.8. The SMILES string of the molecule is Cc1nnnn1-c1cc(NC(=O)c2cc([N+](=O)[O-])ccc2Oc2ccccc2)ccc1F. The monoisotopic (exact) mass is 434 g/mol. The van der Waals surface area contributed by atoms with Gasteiger partial charge >= 0.3 is 0 Å². The molecule has 1 amide bonds. The minimum Gasteiger partial charge on any atom is -0.457 e. The average Bonchev–Trinajstić information content (AvgIpc) is 3.21. The molecule has 32 heavy (non-hydrogen) atoms. The molecule has 1 N–H and O–H groups in total. The number of nitro groups is 1. The number of hydrogen-bond acceptors (Lipinski definition) is 7. The molecule has 0 unspecified atom stereocenters. The van der Waals surface area contributed by atoms with Crippen LogP contribution in [0, 0.1) is 22.9 Å². The van der Waals surface area contributed by atoms with Gasteiger partial charge in [-0.05, 0) is 53.7 Å². The van der Waals surface area contributed by atoms with Gasteiger partial charge in [0.05, 0.1) is 10.5 Å². The number of aromatic nitrogens is 4. The highest BCUT2D eigenvalue weighted by Crippen LogP contribution is 2.30. The molecule has 0 bridgehead atoms. The third-order valence-corrected chi connectivity index (χ3v) is 4.45. The highest BCUT2D eigenvalue weighted by atomic mass is 19.1. The molecule has 1 heterocycles. The number of para-hydroxylation sites is 1. The minimum absolute atomic E-state index is 0.0325. The Bertz CT molecular complexity index is 1310. The van der Waals surface area contributed by atoms with Crippen molar-refractivity contribution in [2.24, 2.45) is 0 Å². The molecule has 10 nitrogen and oxygen atoms in total. The van der Waals surface area contributed by atoms with Crippen LogP contribution in [-0.2, 0) is 0 Å². The maximum absolute atomic E-state index is 14.3. The normalized spacial score (nSPS) is 10.6. The standard InChI is InChI=1S/C21H15FN6O4/c1-13-24-25-26-27(13)19-11-14(7-9-18(19)22)23-21(29)17-12-15(28(30)31)8-10-20(17)32-16-5-3-2-4-6-16/h2-12H,1H3,(H,23,29). The van der Waals surface area contributed by atoms with Crippen LogP contribution in [0.4, 0.5) is 15.8 Å². The van der Waals surface area contributed by atoms with Crippen LogP contribution < -0.4 is 10.1 Å². The molecule has 3 aromatic carbocycles. The van der Waals surface area contributed by atoms with Gasteiger partial charge in [-0.2, -0.15) is 4.68 Å². The Morgan fingerprint density at radius 3 is 2.59 bits per heavy atom. The predicted molar refractivity (Wildman–Crippen MR) is 111 cm³/mol. The zero-order valence-electron chi connectivity index (χ0n) is 16.6. The molecule has 0 saturated heterocycles. The Kier molecular flexibility index (Phi) is 5.53. The lowest BCUT2D eigenvalue weighted by Gasteiger charge is -2.12. The van der Waals surface area contributed by atoms with Crippen molar-refractivity contribution in [2.45, 2.75) is 6.92 Å². The van der Waals surface area contributed by atoms with Crippen LogP contribution in [0.3, 0.4) is 0 Å². The third kappa shape index (κ3) is 4.26. The number of aryl methyl sites for hydroxylation is 1. The molecule has 11 heteroatoms. The average molecular weight is 434 g/mol. The van der Waals surface area contributed by atoms with Crippen molar-refractivity contribution < 1.29 is 18.8 Å². The third-order valence-electron chi connectivity index (χ3n) is 4.45. The van der Waals surface area contributed by atoms with Crippen LogP contribution in [0.15, 0.2) is 66.7 Å². The Labute approximate surface area is 180 Å². The summed E-state index contributed by atoms with van der Waals surface area (Å²) in [5.41, 5.74) is -0.0734. The second kappa shape index (κ2) is 8.60. The molecule has 1 aromatic heterocycles. The number of carbonyl (C=O) groups is 1. The minimum atomic E-state index is -0.675. The summed E-state index contributed by atoms with van der Waals surface area (Å²) in [7, 11) is 0. The van der Waals surface area contributed by atoms with Gasteiger partial charge in [-0.3, -0.25) is 14.9 Å². The number of ether oxygens (including phenoxy) is 1. The van der Waals surface area contributed by atoms with Gasteiger partial charge in [-0.15, -0.1) is 5.10 Å². The number of halogens is 1. The van der Waals surface area contributed by atoms with E-state index in [1.54, 1.807) is 37.3 Å². The summed E-state index contributed by atoms with van der Waals surface area (Å²) in [4.78, 5) is 23.6. The Hall–Kier alpha value is -4.67. The van der Waals surface area contributed by atoms with Gasteiger partial charge in [-0.1, -0.05) is 18.2 Å². The van der Waals surface area contributed by atoms with Crippen LogP contribution in [0.2, 0.25) is 0 Å². The molecular formula is C21H15FN6O4. The fourth-order valence-electron chi connectivity index (χ4n) is 2.92. The molecule has 0 saturated carbocycles. The van der Waals surface area contributed by atoms with E-state index in [9.17, 15) is 19.3 Å². The van der Waals surface area contributed by atoms with Gasteiger partial charge in [0, 0.05) is 17.8 Å². The lowest BCUT2D eigenvalue weighted by atomic mass is 10.1. The molecule has 0 atom stereocenters. The van der Waals surface area contributed by atoms with Crippen LogP contribution >= 0.6 is 0 Å². The Morgan fingerprint density at radius 2 is 1.91 bits per heavy atom. The number of nitrogens with one attached hydrogen (secondary N) is 1. The number of nitro benzene ring substituents is 1. The Balaban J connectivity index is 1.67. The van der Waals surface area contributed by atoms with E-state index in [2.05, 4.69) is 20.8 Å². The number of hydrogen-bond donors (Lipinski definition) is 1. The summed E-state index contributed by atoms with van der Waals surface area (Å²) >= 11 is 0. The maximum Gasteiger partial charge on any atom is 0.270 e. The number of rotatable bonds is 6. The quantitative estimate of drug-likeness (QED) is 0.358. The van der Waals surface area contributed by atoms with Crippen molar-refractivity contribution in [1.82, 2.24) is 20.2 Å². The van der Waals surface area contributed by atoms with E-state index < -0.39 is 16.6 Å². The van der Waals surface area contributed by atoms with Crippen LogP contribution in [0.25, 0.3) is 5.69 Å². The van der Waals surface area contributed by atoms with Gasteiger partial charge in [0.2, 0.25) is 0 Å². The number of anilines is 1. The van der Waals surface area contributed by atoms with Crippen LogP contribution in [0.5, 0.6) is 11.5 Å². The van der Waals surface area contributed by atoms with Gasteiger partial charge in [0.1, 0.15) is 23.0 Å². The fourth-order valence-corrected chi connectivity index (χ4v) is 2.92. The molecule has 160 valence electrons. The summed E-state index contributed by atoms with van der Waals surface area (Å²) in [6, 6.07) is 16.2. The molecule has 0 fully saturated rings. The first-order valence-electron chi connectivity index (χ1n) is 9.30. The number of nitrogens with zero attached hydrogens (tertiary/aromatic N) is 5. The van der Waals surface area contributed by atoms with E-state index in [1.807, 2.05) is 0 Å². The van der Waals surface area contributed by atoms with Crippen molar-refractivity contribution in [1.29, 1.82) is 0 Å². The lowest BCUT2D eigenvalue weighted by Crippen LogP contribution is -2.14. The fraction of sp³-hybridized carbons (Fsp3) is 0.0476. The zero-order valence-corrected chi connectivity index (χ0v) is 16.6. The van der Waals surface area contributed by atoms with E-state index in [0.29, 0.717) is 11.6 Å². The number of non-ortho nitro benzene ring substituents is 1. The number of benzene rings is 3. The highest BCUT2D eigenvalue weighted by Gasteiger charge is 2.20. The summed E-state index contributed by atoms with van der Waals surface area (Å²) in [5.74, 6) is -0.344. The van der Waals surface area contributed by atoms with E-state index in [1.165, 1.54) is 28.9 Å². The molecule has 4 aromatic rings. The number of carbonyl (C=O) groups excluding carboxylic acids is 1. The van der Waals surface area contributed by atoms with Crippen LogP contribution in [-0.4, -0.2) is 31.0 Å². The van der Waals surface area contributed by atoms with Crippen molar-refractivity contribution in [3.05, 3.63) is 94.0 Å². The topological polar surface area (TPSA) is 125 Å². The van der Waals surface area contributed by atoms with E-state index in [-0.39, 0.29) is 28.4 Å². The van der Waals surface area contributed by atoms with Crippen LogP contribution in [0.1, 0.15) is 16.2 Å². The highest BCUT2D eigenvalue weighted by molar-refractivity contribution is 6.06. The lowest BCUT2D eigenvalue weighted by molar-refractivity contribution is -0.384. The molecule has 0 radical (unpaired) electrons. The van der Waals surface area contributed by atoms with Crippen molar-refractivity contribution in [2.75, 3.05) is 5.32 Å². The number of tetrazole rings is 1. The molecule has 0 aliphatic heterocycles. The summed E-state index contributed by atoms with van der Waals surface area (Å²) in [6.45, 7) is 1.60. The zero-order chi connectivity index (χ0) is 22.7. The maximum atomic E-state index is 14.3. The largest absolute Gasteiger partial charge is 0.457 e. The molecule has 0 aliphatic carbocycles. The number of amides is 1. The second-order valence-electron chi connectivity index (χ2n) is 6.61. The van der Waals surface area contributed by atoms with E-state index in [0.717, 1.165) is 12.1 Å². The van der Waals surface area contributed by atoms with Gasteiger partial charge in [0.25, 0.3) is 11.6 Å². The van der Waals surface area contributed by atoms with Gasteiger partial charge in [-0.25, -0.2) is 4.39 Å². The molecule has 4 rings (SSSR count). The second-order valence-corrected chi connectivity index (χ2v) is 6.61. The van der Waals surface area contributed by atoms with Crippen molar-refractivity contribution in [3.63, 3.8) is 0 Å². The summed E-state index contributed by atoms with van der Waals surface area (Å²) < 4.78 is 21.2. The van der Waals surface area contributed by atoms with Gasteiger partial charge in [0.15, 0.2) is 5.82 Å². The van der Waals surface area contributed by atoms with Crippen molar-refractivity contribution >= 4 is 17.3 Å². The van der Waals surface area contributed by atoms with Gasteiger partial charge < -0.3 is 10.1 Å². The first kappa shape index (κ1) is 20.6. The molecular weight excluding hydrogens is 419 g/mol. The predicted octanol–water partition coefficient (Wildman–Crippen LogP) is 4.06. The van der Waals surface area contributed by atoms with E-state index >= 15 is 0 Å².